The van der Waals surface area contributed by atoms with Crippen LogP contribution < -0.4 is 5.73 Å². The van der Waals surface area contributed by atoms with E-state index in [4.69, 9.17) is 10.3 Å². The fourth-order valence-corrected chi connectivity index (χ4v) is 2.17. The van der Waals surface area contributed by atoms with E-state index in [0.29, 0.717) is 12.7 Å². The number of hydrogen-bond donors (Lipinski definition) is 1. The van der Waals surface area contributed by atoms with Gasteiger partial charge in [0.1, 0.15) is 5.82 Å². The topological polar surface area (TPSA) is 52.3 Å². The Morgan fingerprint density at radius 2 is 2.07 bits per heavy atom. The largest absolute Gasteiger partial charge is 0.508 e. The minimum atomic E-state index is -1.68. The predicted octanol–water partition coefficient (Wildman–Crippen LogP) is 2.26. The van der Waals surface area contributed by atoms with Gasteiger partial charge in [0.15, 0.2) is 6.16 Å². The summed E-state index contributed by atoms with van der Waals surface area (Å²) in [5, 5.41) is 0. The number of nitrogens with two attached hydrogens (primary N) is 1. The second kappa shape index (κ2) is 5.91. The minimum Gasteiger partial charge on any atom is -0.330 e. The molecule has 1 aromatic rings. The quantitative estimate of drug-likeness (QED) is 0.789. The van der Waals surface area contributed by atoms with Crippen LogP contribution in [0.4, 0.5) is 4.39 Å². The van der Waals surface area contributed by atoms with Gasteiger partial charge in [0.05, 0.1) is 7.11 Å². The van der Waals surface area contributed by atoms with Gasteiger partial charge in [0, 0.05) is 12.5 Å². The summed E-state index contributed by atoms with van der Waals surface area (Å²) < 4.78 is 28.6. The van der Waals surface area contributed by atoms with Crippen molar-refractivity contribution < 1.29 is 13.5 Å². The van der Waals surface area contributed by atoms with E-state index in [0.717, 1.165) is 5.56 Å². The van der Waals surface area contributed by atoms with Gasteiger partial charge in [-0.05, 0) is 22.3 Å². The van der Waals surface area contributed by atoms with E-state index in [-0.39, 0.29) is 11.7 Å². The van der Waals surface area contributed by atoms with Gasteiger partial charge in [0.2, 0.25) is 0 Å². The van der Waals surface area contributed by atoms with Gasteiger partial charge in [-0.2, -0.15) is 0 Å². The average molecular weight is 230 g/mol. The molecule has 0 spiro atoms. The third-order valence-corrected chi connectivity index (χ3v) is 3.35. The highest BCUT2D eigenvalue weighted by atomic mass is 31.1. The molecule has 2 unspecified atom stereocenters. The van der Waals surface area contributed by atoms with Crippen molar-refractivity contribution in [1.29, 1.82) is 0 Å². The van der Waals surface area contributed by atoms with Crippen LogP contribution in [0.15, 0.2) is 24.3 Å². The molecule has 0 aromatic heterocycles. The molecule has 0 saturated carbocycles. The standard InChI is InChI=1S/C10H14FNO2P/c1-14-15(13)7-9(6-12)8-2-4-10(11)5-3-8/h2-5,9H,6-7,12H2,1H3/q+1. The number of hydrogen-bond acceptors (Lipinski definition) is 3. The molecule has 5 heteroatoms. The van der Waals surface area contributed by atoms with Crippen molar-refractivity contribution in [2.45, 2.75) is 5.92 Å². The third kappa shape index (κ3) is 3.67. The molecule has 1 rings (SSSR count). The van der Waals surface area contributed by atoms with E-state index in [9.17, 15) is 8.96 Å². The van der Waals surface area contributed by atoms with Gasteiger partial charge in [-0.25, -0.2) is 4.39 Å². The van der Waals surface area contributed by atoms with E-state index in [1.54, 1.807) is 12.1 Å². The molecule has 2 N–H and O–H groups in total. The maximum atomic E-state index is 12.7. The van der Waals surface area contributed by atoms with E-state index in [1.807, 2.05) is 0 Å². The van der Waals surface area contributed by atoms with E-state index in [1.165, 1.54) is 19.2 Å². The summed E-state index contributed by atoms with van der Waals surface area (Å²) in [6.45, 7) is 0.371. The van der Waals surface area contributed by atoms with Gasteiger partial charge in [-0.15, -0.1) is 4.52 Å². The predicted molar refractivity (Wildman–Crippen MR) is 57.7 cm³/mol. The fraction of sp³-hybridized carbons (Fsp3) is 0.400. The summed E-state index contributed by atoms with van der Waals surface area (Å²) in [6, 6.07) is 6.06. The molecule has 0 heterocycles. The van der Waals surface area contributed by atoms with Crippen molar-refractivity contribution in [3.63, 3.8) is 0 Å². The first-order valence-electron chi connectivity index (χ1n) is 4.61. The maximum absolute atomic E-state index is 12.7. The summed E-state index contributed by atoms with van der Waals surface area (Å²) in [5.74, 6) is -0.334. The van der Waals surface area contributed by atoms with Crippen molar-refractivity contribution >= 4 is 8.03 Å². The Hall–Kier alpha value is -0.830. The molecule has 0 amide bonds. The van der Waals surface area contributed by atoms with Crippen LogP contribution in [-0.2, 0) is 9.09 Å². The smallest absolute Gasteiger partial charge is 0.330 e. The highest BCUT2D eigenvalue weighted by molar-refractivity contribution is 7.39. The molecule has 0 aliphatic rings. The van der Waals surface area contributed by atoms with Crippen LogP contribution in [0.2, 0.25) is 0 Å². The van der Waals surface area contributed by atoms with Gasteiger partial charge in [-0.1, -0.05) is 12.1 Å². The zero-order valence-corrected chi connectivity index (χ0v) is 9.41. The van der Waals surface area contributed by atoms with Crippen LogP contribution in [0.25, 0.3) is 0 Å². The Morgan fingerprint density at radius 1 is 1.47 bits per heavy atom. The van der Waals surface area contributed by atoms with Gasteiger partial charge >= 0.3 is 8.03 Å². The lowest BCUT2D eigenvalue weighted by atomic mass is 10.0. The molecular weight excluding hydrogens is 216 g/mol. The number of benzene rings is 1. The Morgan fingerprint density at radius 3 is 2.53 bits per heavy atom. The van der Waals surface area contributed by atoms with Crippen LogP contribution in [0.3, 0.4) is 0 Å². The molecule has 82 valence electrons. The molecule has 1 aromatic carbocycles. The maximum Gasteiger partial charge on any atom is 0.508 e. The van der Waals surface area contributed by atoms with Crippen LogP contribution >= 0.6 is 8.03 Å². The second-order valence-electron chi connectivity index (χ2n) is 3.18. The van der Waals surface area contributed by atoms with Crippen molar-refractivity contribution in [3.8, 4) is 0 Å². The Kier molecular flexibility index (Phi) is 4.82. The molecule has 0 saturated heterocycles. The summed E-state index contributed by atoms with van der Waals surface area (Å²) in [6.07, 6.45) is 0.369. The van der Waals surface area contributed by atoms with Crippen LogP contribution in [-0.4, -0.2) is 19.8 Å². The van der Waals surface area contributed by atoms with E-state index < -0.39 is 8.03 Å². The molecular formula is C10H14FNO2P+. The van der Waals surface area contributed by atoms with Gasteiger partial charge in [0.25, 0.3) is 0 Å². The average Bonchev–Trinajstić information content (AvgIpc) is 2.27. The van der Waals surface area contributed by atoms with Crippen molar-refractivity contribution in [2.24, 2.45) is 5.73 Å². The lowest BCUT2D eigenvalue weighted by Crippen LogP contribution is -2.14. The lowest BCUT2D eigenvalue weighted by molar-refractivity contribution is 0.411. The van der Waals surface area contributed by atoms with Gasteiger partial charge < -0.3 is 5.73 Å². The molecule has 0 fully saturated rings. The molecule has 0 aliphatic carbocycles. The van der Waals surface area contributed by atoms with Crippen molar-refractivity contribution in [3.05, 3.63) is 35.6 Å². The first-order chi connectivity index (χ1) is 7.17. The van der Waals surface area contributed by atoms with E-state index >= 15 is 0 Å². The summed E-state index contributed by atoms with van der Waals surface area (Å²) in [7, 11) is -0.279. The zero-order chi connectivity index (χ0) is 11.3. The third-order valence-electron chi connectivity index (χ3n) is 2.20. The van der Waals surface area contributed by atoms with Crippen molar-refractivity contribution in [2.75, 3.05) is 19.8 Å². The molecule has 2 atom stereocenters. The monoisotopic (exact) mass is 230 g/mol. The van der Waals surface area contributed by atoms with Crippen molar-refractivity contribution in [1.82, 2.24) is 0 Å². The van der Waals surface area contributed by atoms with Gasteiger partial charge in [-0.3, -0.25) is 0 Å². The van der Waals surface area contributed by atoms with Crippen LogP contribution in [0.1, 0.15) is 11.5 Å². The summed E-state index contributed by atoms with van der Waals surface area (Å²) >= 11 is 0. The van der Waals surface area contributed by atoms with Crippen LogP contribution in [0.5, 0.6) is 0 Å². The normalized spacial score (nSPS) is 13.7. The summed E-state index contributed by atoms with van der Waals surface area (Å²) in [5.41, 5.74) is 6.46. The fourth-order valence-electron chi connectivity index (χ4n) is 1.31. The Labute approximate surface area is 89.3 Å². The second-order valence-corrected chi connectivity index (χ2v) is 4.58. The molecule has 0 radical (unpaired) electrons. The Bertz CT molecular complexity index is 329. The molecule has 3 nitrogen and oxygen atoms in total. The Balaban J connectivity index is 2.74. The number of rotatable bonds is 5. The zero-order valence-electron chi connectivity index (χ0n) is 8.52. The first-order valence-corrected chi connectivity index (χ1v) is 5.98. The number of halogens is 1. The molecule has 0 aliphatic heterocycles. The molecule has 15 heavy (non-hydrogen) atoms. The SMILES string of the molecule is CO[P+](=O)CC(CN)c1ccc(F)cc1. The van der Waals surface area contributed by atoms with E-state index in [2.05, 4.69) is 0 Å². The molecule has 0 bridgehead atoms. The summed E-state index contributed by atoms with van der Waals surface area (Å²) in [4.78, 5) is 0. The lowest BCUT2D eigenvalue weighted by Gasteiger charge is -2.08. The minimum absolute atomic E-state index is 0.0471. The highest BCUT2D eigenvalue weighted by Crippen LogP contribution is 2.29. The first kappa shape index (κ1) is 12.2. The highest BCUT2D eigenvalue weighted by Gasteiger charge is 2.23. The van der Waals surface area contributed by atoms with Crippen LogP contribution in [0, 0.1) is 5.82 Å².